The molecule has 6 heteroatoms. The van der Waals surface area contributed by atoms with Gasteiger partial charge >= 0.3 is 6.61 Å². The Balaban J connectivity index is 2.07. The van der Waals surface area contributed by atoms with Crippen LogP contribution in [0.3, 0.4) is 0 Å². The lowest BCUT2D eigenvalue weighted by Crippen LogP contribution is -2.37. The third-order valence-corrected chi connectivity index (χ3v) is 4.10. The van der Waals surface area contributed by atoms with E-state index in [1.807, 2.05) is 30.3 Å². The molecule has 0 aliphatic rings. The summed E-state index contributed by atoms with van der Waals surface area (Å²) in [4.78, 5) is 12.5. The van der Waals surface area contributed by atoms with Gasteiger partial charge in [-0.25, -0.2) is 0 Å². The zero-order valence-corrected chi connectivity index (χ0v) is 14.2. The Morgan fingerprint density at radius 1 is 1.04 bits per heavy atom. The molecule has 0 fully saturated rings. The molecular formula is C19H22F2N2O2. The summed E-state index contributed by atoms with van der Waals surface area (Å²) < 4.78 is 29.6. The van der Waals surface area contributed by atoms with E-state index in [-0.39, 0.29) is 11.7 Å². The van der Waals surface area contributed by atoms with E-state index in [0.717, 1.165) is 5.56 Å². The molecule has 0 radical (unpaired) electrons. The molecule has 3 atom stereocenters. The molecule has 2 aromatic rings. The van der Waals surface area contributed by atoms with Gasteiger partial charge in [-0.3, -0.25) is 4.79 Å². The van der Waals surface area contributed by atoms with Crippen molar-refractivity contribution >= 4 is 5.91 Å². The van der Waals surface area contributed by atoms with Crippen LogP contribution in [0.5, 0.6) is 5.75 Å². The summed E-state index contributed by atoms with van der Waals surface area (Å²) in [6.07, 6.45) is 0. The van der Waals surface area contributed by atoms with Crippen molar-refractivity contribution in [1.82, 2.24) is 5.32 Å². The van der Waals surface area contributed by atoms with E-state index in [4.69, 9.17) is 5.73 Å². The van der Waals surface area contributed by atoms with E-state index in [9.17, 15) is 13.6 Å². The van der Waals surface area contributed by atoms with Crippen molar-refractivity contribution in [3.63, 3.8) is 0 Å². The van der Waals surface area contributed by atoms with Gasteiger partial charge in [0.15, 0.2) is 0 Å². The van der Waals surface area contributed by atoms with E-state index in [1.165, 1.54) is 6.07 Å². The summed E-state index contributed by atoms with van der Waals surface area (Å²) in [5, 5.41) is 2.82. The fraction of sp³-hybridized carbons (Fsp3) is 0.316. The number of amides is 1. The fourth-order valence-corrected chi connectivity index (χ4v) is 2.59. The molecule has 0 heterocycles. The first-order valence-electron chi connectivity index (χ1n) is 8.04. The van der Waals surface area contributed by atoms with E-state index < -0.39 is 24.6 Å². The Bertz CT molecular complexity index is 695. The van der Waals surface area contributed by atoms with E-state index in [1.54, 1.807) is 32.0 Å². The molecule has 0 aliphatic heterocycles. The summed E-state index contributed by atoms with van der Waals surface area (Å²) in [5.74, 6) is -0.686. The lowest BCUT2D eigenvalue weighted by Gasteiger charge is -2.23. The zero-order chi connectivity index (χ0) is 18.4. The highest BCUT2D eigenvalue weighted by atomic mass is 19.3. The van der Waals surface area contributed by atoms with Crippen LogP contribution < -0.4 is 15.8 Å². The molecule has 4 nitrogen and oxygen atoms in total. The Morgan fingerprint density at radius 2 is 1.64 bits per heavy atom. The lowest BCUT2D eigenvalue weighted by atomic mass is 9.94. The molecule has 0 saturated heterocycles. The standard InChI is InChI=1S/C19H22F2N2O2/c1-12(17(22)14-8-4-3-5-9-14)18(24)23-13(2)15-10-6-7-11-16(15)25-19(20)21/h3-13,17,19H,22H2,1-2H3,(H,23,24). The summed E-state index contributed by atoms with van der Waals surface area (Å²) >= 11 is 0. The van der Waals surface area contributed by atoms with Crippen molar-refractivity contribution < 1.29 is 18.3 Å². The number of carbonyl (C=O) groups is 1. The Hall–Kier alpha value is -2.47. The number of nitrogens with two attached hydrogens (primary N) is 1. The molecule has 0 saturated carbocycles. The lowest BCUT2D eigenvalue weighted by molar-refractivity contribution is -0.125. The zero-order valence-electron chi connectivity index (χ0n) is 14.2. The first kappa shape index (κ1) is 18.9. The molecule has 0 aliphatic carbocycles. The molecule has 3 N–H and O–H groups in total. The normalized spacial score (nSPS) is 14.6. The first-order chi connectivity index (χ1) is 11.9. The van der Waals surface area contributed by atoms with Gasteiger partial charge in [-0.15, -0.1) is 0 Å². The van der Waals surface area contributed by atoms with Crippen LogP contribution in [0.25, 0.3) is 0 Å². The van der Waals surface area contributed by atoms with Crippen molar-refractivity contribution in [2.75, 3.05) is 0 Å². The van der Waals surface area contributed by atoms with Crippen LogP contribution in [0.4, 0.5) is 8.78 Å². The number of para-hydroxylation sites is 1. The van der Waals surface area contributed by atoms with Crippen LogP contribution in [0.15, 0.2) is 54.6 Å². The van der Waals surface area contributed by atoms with Gasteiger partial charge in [-0.05, 0) is 18.6 Å². The van der Waals surface area contributed by atoms with Crippen molar-refractivity contribution in [1.29, 1.82) is 0 Å². The molecule has 2 rings (SSSR count). The number of ether oxygens (including phenoxy) is 1. The van der Waals surface area contributed by atoms with Crippen LogP contribution >= 0.6 is 0 Å². The van der Waals surface area contributed by atoms with Crippen LogP contribution in [-0.2, 0) is 4.79 Å². The molecule has 1 amide bonds. The predicted octanol–water partition coefficient (Wildman–Crippen LogP) is 3.80. The quantitative estimate of drug-likeness (QED) is 0.800. The molecule has 0 aromatic heterocycles. The molecule has 0 bridgehead atoms. The molecule has 0 spiro atoms. The number of alkyl halides is 2. The van der Waals surface area contributed by atoms with E-state index in [0.29, 0.717) is 5.56 Å². The van der Waals surface area contributed by atoms with Gasteiger partial charge in [0.1, 0.15) is 5.75 Å². The second kappa shape index (κ2) is 8.58. The maximum Gasteiger partial charge on any atom is 0.387 e. The van der Waals surface area contributed by atoms with Crippen molar-refractivity contribution in [3.8, 4) is 5.75 Å². The number of rotatable bonds is 7. The maximum atomic E-state index is 12.5. The van der Waals surface area contributed by atoms with Gasteiger partial charge in [0, 0.05) is 11.6 Å². The molecule has 3 unspecified atom stereocenters. The number of benzene rings is 2. The second-order valence-electron chi connectivity index (χ2n) is 5.87. The van der Waals surface area contributed by atoms with Crippen LogP contribution in [0.2, 0.25) is 0 Å². The molecular weight excluding hydrogens is 326 g/mol. The number of hydrogen-bond acceptors (Lipinski definition) is 3. The molecule has 134 valence electrons. The van der Waals surface area contributed by atoms with E-state index >= 15 is 0 Å². The van der Waals surface area contributed by atoms with Crippen LogP contribution in [0, 0.1) is 5.92 Å². The number of nitrogens with one attached hydrogen (secondary N) is 1. The Labute approximate surface area is 146 Å². The Kier molecular flexibility index (Phi) is 6.47. The summed E-state index contributed by atoms with van der Waals surface area (Å²) in [5.41, 5.74) is 7.51. The van der Waals surface area contributed by atoms with Gasteiger partial charge in [-0.2, -0.15) is 8.78 Å². The number of carbonyl (C=O) groups excluding carboxylic acids is 1. The summed E-state index contributed by atoms with van der Waals surface area (Å²) in [6, 6.07) is 14.8. The second-order valence-corrected chi connectivity index (χ2v) is 5.87. The minimum Gasteiger partial charge on any atom is -0.434 e. The van der Waals surface area contributed by atoms with Crippen LogP contribution in [0.1, 0.15) is 37.1 Å². The van der Waals surface area contributed by atoms with Gasteiger partial charge < -0.3 is 15.8 Å². The highest BCUT2D eigenvalue weighted by molar-refractivity contribution is 5.79. The van der Waals surface area contributed by atoms with Gasteiger partial charge in [0.05, 0.1) is 12.0 Å². The highest BCUT2D eigenvalue weighted by Gasteiger charge is 2.24. The van der Waals surface area contributed by atoms with Gasteiger partial charge in [-0.1, -0.05) is 55.5 Å². The van der Waals surface area contributed by atoms with Gasteiger partial charge in [0.25, 0.3) is 0 Å². The monoisotopic (exact) mass is 348 g/mol. The number of hydrogen-bond donors (Lipinski definition) is 2. The molecule has 25 heavy (non-hydrogen) atoms. The maximum absolute atomic E-state index is 12.5. The summed E-state index contributed by atoms with van der Waals surface area (Å²) in [7, 11) is 0. The van der Waals surface area contributed by atoms with E-state index in [2.05, 4.69) is 10.1 Å². The fourth-order valence-electron chi connectivity index (χ4n) is 2.59. The average molecular weight is 348 g/mol. The van der Waals surface area contributed by atoms with Crippen LogP contribution in [-0.4, -0.2) is 12.5 Å². The minimum atomic E-state index is -2.92. The van der Waals surface area contributed by atoms with Gasteiger partial charge in [0.2, 0.25) is 5.91 Å². The largest absolute Gasteiger partial charge is 0.434 e. The summed E-state index contributed by atoms with van der Waals surface area (Å²) in [6.45, 7) is 0.530. The smallest absolute Gasteiger partial charge is 0.387 e. The van der Waals surface area contributed by atoms with Crippen molar-refractivity contribution in [2.45, 2.75) is 32.5 Å². The minimum absolute atomic E-state index is 0.0466. The number of halogens is 2. The first-order valence-corrected chi connectivity index (χ1v) is 8.04. The Morgan fingerprint density at radius 3 is 2.28 bits per heavy atom. The average Bonchev–Trinajstić information content (AvgIpc) is 2.61. The SMILES string of the molecule is CC(NC(=O)C(C)C(N)c1ccccc1)c1ccccc1OC(F)F. The third kappa shape index (κ3) is 5.00. The topological polar surface area (TPSA) is 64.4 Å². The molecule has 2 aromatic carbocycles. The third-order valence-electron chi connectivity index (χ3n) is 4.10. The highest BCUT2D eigenvalue weighted by Crippen LogP contribution is 2.27. The van der Waals surface area contributed by atoms with Crippen molar-refractivity contribution in [2.24, 2.45) is 11.7 Å². The van der Waals surface area contributed by atoms with Crippen molar-refractivity contribution in [3.05, 3.63) is 65.7 Å². The predicted molar refractivity (Wildman–Crippen MR) is 92.2 cm³/mol.